The first kappa shape index (κ1) is 30.7. The number of rotatable bonds is 13. The van der Waals surface area contributed by atoms with Gasteiger partial charge in [0, 0.05) is 32.0 Å². The number of aliphatic hydroxyl groups is 1. The Hall–Kier alpha value is -1.25. The van der Waals surface area contributed by atoms with Crippen molar-refractivity contribution in [2.45, 2.75) is 134 Å². The lowest BCUT2D eigenvalue weighted by Gasteiger charge is -2.33. The number of esters is 1. The molecule has 2 aliphatic heterocycles. The van der Waals surface area contributed by atoms with E-state index in [-0.39, 0.29) is 42.6 Å². The maximum absolute atomic E-state index is 11.4. The Kier molecular flexibility index (Phi) is 13.3. The van der Waals surface area contributed by atoms with E-state index in [2.05, 4.69) is 24.3 Å². The second-order valence-electron chi connectivity index (χ2n) is 11.9. The number of unbranched alkanes of at least 4 members (excludes halogenated alkanes) is 1. The number of allylic oxidation sites excluding steroid dienone is 2. The smallest absolute Gasteiger partial charge is 0.305 e. The normalized spacial score (nSPS) is 33.6. The number of hydrogen-bond acceptors (Lipinski definition) is 7. The predicted molar refractivity (Wildman–Crippen MR) is 150 cm³/mol. The van der Waals surface area contributed by atoms with Crippen LogP contribution < -0.4 is 0 Å². The van der Waals surface area contributed by atoms with Crippen LogP contribution >= 0.6 is 0 Å². The fraction of sp³-hybridized carbons (Fsp3) is 0.844. The van der Waals surface area contributed by atoms with E-state index in [1.54, 1.807) is 0 Å². The van der Waals surface area contributed by atoms with E-state index in [4.69, 9.17) is 23.7 Å². The first-order valence-corrected chi connectivity index (χ1v) is 15.8. The number of carbonyl (C=O) groups is 1. The molecule has 2 saturated heterocycles. The van der Waals surface area contributed by atoms with Crippen molar-refractivity contribution in [3.8, 4) is 0 Å². The van der Waals surface area contributed by atoms with Crippen molar-refractivity contribution in [1.29, 1.82) is 0 Å². The van der Waals surface area contributed by atoms with Crippen molar-refractivity contribution in [2.24, 2.45) is 17.8 Å². The summed E-state index contributed by atoms with van der Waals surface area (Å²) < 4.78 is 29.7. The highest BCUT2D eigenvalue weighted by atomic mass is 16.7. The third-order valence-corrected chi connectivity index (χ3v) is 8.99. The summed E-state index contributed by atoms with van der Waals surface area (Å²) >= 11 is 0. The van der Waals surface area contributed by atoms with Crippen LogP contribution in [-0.4, -0.2) is 62.3 Å². The summed E-state index contributed by atoms with van der Waals surface area (Å²) in [6, 6.07) is 0. The Balaban J connectivity index is 1.43. The van der Waals surface area contributed by atoms with E-state index < -0.39 is 6.10 Å². The molecule has 1 N–H and O–H groups in total. The van der Waals surface area contributed by atoms with Crippen LogP contribution in [-0.2, 0) is 28.5 Å². The van der Waals surface area contributed by atoms with Crippen molar-refractivity contribution >= 4 is 5.97 Å². The third kappa shape index (κ3) is 9.96. The van der Waals surface area contributed by atoms with Crippen LogP contribution in [0.3, 0.4) is 0 Å². The Labute approximate surface area is 235 Å². The molecule has 222 valence electrons. The molecule has 2 heterocycles. The molecule has 2 saturated carbocycles. The van der Waals surface area contributed by atoms with Crippen LogP contribution in [0.15, 0.2) is 24.3 Å². The van der Waals surface area contributed by atoms with Gasteiger partial charge in [0.1, 0.15) is 0 Å². The fourth-order valence-corrected chi connectivity index (χ4v) is 6.69. The van der Waals surface area contributed by atoms with Gasteiger partial charge in [-0.3, -0.25) is 4.79 Å². The molecule has 0 radical (unpaired) electrons. The van der Waals surface area contributed by atoms with Crippen LogP contribution in [0, 0.1) is 17.8 Å². The van der Waals surface area contributed by atoms with Gasteiger partial charge >= 0.3 is 5.97 Å². The number of carbonyl (C=O) groups excluding carboxylic acids is 1. The zero-order valence-electron chi connectivity index (χ0n) is 24.1. The molecule has 7 heteroatoms. The molecule has 4 fully saturated rings. The molecule has 0 bridgehead atoms. The summed E-state index contributed by atoms with van der Waals surface area (Å²) in [7, 11) is 1.43. The van der Waals surface area contributed by atoms with Crippen LogP contribution in [0.2, 0.25) is 0 Å². The van der Waals surface area contributed by atoms with Gasteiger partial charge in [-0.25, -0.2) is 0 Å². The highest BCUT2D eigenvalue weighted by Gasteiger charge is 2.42. The summed E-state index contributed by atoms with van der Waals surface area (Å²) in [4.78, 5) is 11.4. The summed E-state index contributed by atoms with van der Waals surface area (Å²) in [5.74, 6) is 0.510. The first-order chi connectivity index (χ1) is 19.1. The van der Waals surface area contributed by atoms with Crippen LogP contribution in [0.25, 0.3) is 0 Å². The molecule has 4 rings (SSSR count). The van der Waals surface area contributed by atoms with Crippen molar-refractivity contribution in [3.05, 3.63) is 24.3 Å². The van der Waals surface area contributed by atoms with Crippen molar-refractivity contribution in [1.82, 2.24) is 0 Å². The predicted octanol–water partition coefficient (Wildman–Crippen LogP) is 6.23. The molecule has 2 aliphatic carbocycles. The van der Waals surface area contributed by atoms with E-state index in [1.165, 1.54) is 39.2 Å². The zero-order valence-corrected chi connectivity index (χ0v) is 24.1. The van der Waals surface area contributed by atoms with Crippen LogP contribution in [0.5, 0.6) is 0 Å². The molecular formula is C32H52O7. The molecule has 39 heavy (non-hydrogen) atoms. The maximum Gasteiger partial charge on any atom is 0.305 e. The first-order valence-electron chi connectivity index (χ1n) is 15.8. The highest BCUT2D eigenvalue weighted by molar-refractivity contribution is 5.69. The second kappa shape index (κ2) is 16.9. The highest BCUT2D eigenvalue weighted by Crippen LogP contribution is 2.40. The van der Waals surface area contributed by atoms with Crippen molar-refractivity contribution in [2.75, 3.05) is 20.3 Å². The summed E-state index contributed by atoms with van der Waals surface area (Å²) in [6.07, 6.45) is 24.1. The molecule has 7 nitrogen and oxygen atoms in total. The Morgan fingerprint density at radius 2 is 1.67 bits per heavy atom. The molecule has 0 spiro atoms. The van der Waals surface area contributed by atoms with E-state index in [0.29, 0.717) is 18.8 Å². The Morgan fingerprint density at radius 3 is 2.36 bits per heavy atom. The van der Waals surface area contributed by atoms with E-state index in [9.17, 15) is 9.90 Å². The molecular weight excluding hydrogens is 496 g/mol. The monoisotopic (exact) mass is 548 g/mol. The van der Waals surface area contributed by atoms with Crippen LogP contribution in [0.4, 0.5) is 0 Å². The van der Waals surface area contributed by atoms with Gasteiger partial charge in [0.25, 0.3) is 0 Å². The van der Waals surface area contributed by atoms with E-state index >= 15 is 0 Å². The van der Waals surface area contributed by atoms with Gasteiger partial charge in [0.05, 0.1) is 25.4 Å². The van der Waals surface area contributed by atoms with Crippen LogP contribution in [0.1, 0.15) is 103 Å². The minimum atomic E-state index is -0.427. The van der Waals surface area contributed by atoms with Gasteiger partial charge in [0.15, 0.2) is 12.6 Å². The minimum absolute atomic E-state index is 0.0345. The largest absolute Gasteiger partial charge is 0.469 e. The summed E-state index contributed by atoms with van der Waals surface area (Å²) in [6.45, 7) is 1.53. The summed E-state index contributed by atoms with van der Waals surface area (Å²) in [5.41, 5.74) is 0. The van der Waals surface area contributed by atoms with Gasteiger partial charge in [-0.2, -0.15) is 0 Å². The van der Waals surface area contributed by atoms with Gasteiger partial charge in [-0.1, -0.05) is 43.6 Å². The molecule has 0 aromatic rings. The minimum Gasteiger partial charge on any atom is -0.469 e. The fourth-order valence-electron chi connectivity index (χ4n) is 6.69. The van der Waals surface area contributed by atoms with Crippen molar-refractivity contribution < 1.29 is 33.6 Å². The van der Waals surface area contributed by atoms with Gasteiger partial charge in [-0.15, -0.1) is 0 Å². The molecule has 7 atom stereocenters. The number of ether oxygens (including phenoxy) is 5. The number of methoxy groups -OCH3 is 1. The number of aliphatic hydroxyl groups excluding tert-OH is 1. The molecule has 0 amide bonds. The average Bonchev–Trinajstić information content (AvgIpc) is 3.27. The second-order valence-corrected chi connectivity index (χ2v) is 11.9. The maximum atomic E-state index is 11.4. The topological polar surface area (TPSA) is 83.5 Å². The Morgan fingerprint density at radius 1 is 0.949 bits per heavy atom. The Bertz CT molecular complexity index is 750. The lowest BCUT2D eigenvalue weighted by atomic mass is 9.83. The van der Waals surface area contributed by atoms with E-state index in [0.717, 1.165) is 71.0 Å². The molecule has 4 aliphatic rings. The van der Waals surface area contributed by atoms with Gasteiger partial charge < -0.3 is 28.8 Å². The zero-order chi connectivity index (χ0) is 27.3. The van der Waals surface area contributed by atoms with Gasteiger partial charge in [0.2, 0.25) is 0 Å². The standard InChI is InChI=1S/C32H52O7/c1-35-30(34)16-8-3-2-7-15-25-26(29(23-27(25)33)39-32-18-10-12-22-37-32)19-20-28(24-13-5-4-6-14-24)38-31-17-9-11-21-36-31/h2,7,19-20,24-29,31-33H,3-6,8-18,21-23H2,1H3/b7-2-,20-19+/t25-,26-,27+,28+,29-,31?,32?/m1/s1. The average molecular weight is 549 g/mol. The third-order valence-electron chi connectivity index (χ3n) is 8.99. The molecule has 2 unspecified atom stereocenters. The molecule has 0 aromatic heterocycles. The number of hydrogen-bond donors (Lipinski definition) is 1. The SMILES string of the molecule is COC(=O)CCC/C=C\C[C@@H]1[C@@H](/C=C/[C@H](OC2CCCCO2)C2CCCCC2)[C@H](OC2CCCCO2)C[C@@H]1O. The van der Waals surface area contributed by atoms with E-state index in [1.807, 2.05) is 0 Å². The lowest BCUT2D eigenvalue weighted by molar-refractivity contribution is -0.193. The van der Waals surface area contributed by atoms with Gasteiger partial charge in [-0.05, 0) is 82.5 Å². The summed E-state index contributed by atoms with van der Waals surface area (Å²) in [5, 5.41) is 11.1. The lowest BCUT2D eigenvalue weighted by Crippen LogP contribution is -2.33. The molecule has 0 aromatic carbocycles. The quantitative estimate of drug-likeness (QED) is 0.166. The van der Waals surface area contributed by atoms with Crippen molar-refractivity contribution in [3.63, 3.8) is 0 Å².